The van der Waals surface area contributed by atoms with Gasteiger partial charge < -0.3 is 18.9 Å². The number of hydrogen-bond donors (Lipinski definition) is 0. The lowest BCUT2D eigenvalue weighted by Gasteiger charge is -2.10. The zero-order valence-corrected chi connectivity index (χ0v) is 29.0. The Bertz CT molecular complexity index is 2040. The summed E-state index contributed by atoms with van der Waals surface area (Å²) in [6.07, 6.45) is 6.33. The van der Waals surface area contributed by atoms with E-state index in [0.29, 0.717) is 29.9 Å². The maximum Gasteiger partial charge on any atom is 0.343 e. The number of benzene rings is 5. The van der Waals surface area contributed by atoms with Crippen molar-refractivity contribution in [2.24, 2.45) is 0 Å². The van der Waals surface area contributed by atoms with Crippen LogP contribution in [0.3, 0.4) is 0 Å². The number of carbonyl (C=O) groups excluding carboxylic acids is 3. The molecule has 5 aromatic rings. The summed E-state index contributed by atoms with van der Waals surface area (Å²) >= 11 is 0. The summed E-state index contributed by atoms with van der Waals surface area (Å²) in [5, 5.41) is 1.85. The minimum atomic E-state index is -0.740. The summed E-state index contributed by atoms with van der Waals surface area (Å²) in [6, 6.07) is 25.9. The van der Waals surface area contributed by atoms with Gasteiger partial charge in [0, 0.05) is 17.2 Å². The third-order valence-corrected chi connectivity index (χ3v) is 8.36. The number of halogens is 2. The lowest BCUT2D eigenvalue weighted by molar-refractivity contribution is -0.137. The molecule has 5 aromatic carbocycles. The van der Waals surface area contributed by atoms with Crippen LogP contribution in [0.2, 0.25) is 0 Å². The topological polar surface area (TPSA) is 88.1 Å². The second-order valence-electron chi connectivity index (χ2n) is 12.2. The monoisotopic (exact) mass is 706 g/mol. The highest BCUT2D eigenvalue weighted by Gasteiger charge is 2.16. The lowest BCUT2D eigenvalue weighted by atomic mass is 9.99. The van der Waals surface area contributed by atoms with Gasteiger partial charge >= 0.3 is 17.9 Å². The summed E-state index contributed by atoms with van der Waals surface area (Å²) in [5.74, 6) is -1.93. The predicted octanol–water partition coefficient (Wildman–Crippen LogP) is 10.3. The smallest absolute Gasteiger partial charge is 0.343 e. The molecule has 0 aliphatic rings. The van der Waals surface area contributed by atoms with E-state index in [1.807, 2.05) is 43.3 Å². The van der Waals surface area contributed by atoms with Crippen LogP contribution >= 0.6 is 0 Å². The van der Waals surface area contributed by atoms with Crippen molar-refractivity contribution < 1.29 is 42.1 Å². The Balaban J connectivity index is 1.14. The first kappa shape index (κ1) is 37.4. The van der Waals surface area contributed by atoms with Crippen molar-refractivity contribution in [2.45, 2.75) is 45.4 Å². The number of rotatable bonds is 17. The van der Waals surface area contributed by atoms with Crippen molar-refractivity contribution in [3.05, 3.63) is 132 Å². The van der Waals surface area contributed by atoms with Crippen molar-refractivity contribution >= 4 is 28.7 Å². The highest BCUT2D eigenvalue weighted by Crippen LogP contribution is 2.30. The molecule has 0 saturated carbocycles. The van der Waals surface area contributed by atoms with Gasteiger partial charge in [-0.3, -0.25) is 0 Å². The molecule has 5 rings (SSSR count). The predicted molar refractivity (Wildman–Crippen MR) is 196 cm³/mol. The maximum absolute atomic E-state index is 15.3. The zero-order chi connectivity index (χ0) is 36.9. The first-order chi connectivity index (χ1) is 25.2. The van der Waals surface area contributed by atoms with Crippen LogP contribution in [0.4, 0.5) is 8.78 Å². The van der Waals surface area contributed by atoms with Gasteiger partial charge in [0.05, 0.1) is 30.9 Å². The fourth-order valence-electron chi connectivity index (χ4n) is 5.47. The molecule has 7 nitrogen and oxygen atoms in total. The number of hydrogen-bond acceptors (Lipinski definition) is 7. The summed E-state index contributed by atoms with van der Waals surface area (Å²) in [4.78, 5) is 36.1. The highest BCUT2D eigenvalue weighted by atomic mass is 19.1. The Morgan fingerprint density at radius 2 is 1.17 bits per heavy atom. The molecule has 0 saturated heterocycles. The van der Waals surface area contributed by atoms with Crippen LogP contribution in [0.1, 0.15) is 66.2 Å². The first-order valence-electron chi connectivity index (χ1n) is 17.3. The van der Waals surface area contributed by atoms with Crippen LogP contribution in [0, 0.1) is 11.6 Å². The summed E-state index contributed by atoms with van der Waals surface area (Å²) in [5.41, 5.74) is 1.95. The average molecular weight is 707 g/mol. The minimum Gasteiger partial charge on any atom is -0.494 e. The van der Waals surface area contributed by atoms with Crippen LogP contribution in [0.5, 0.6) is 11.5 Å². The van der Waals surface area contributed by atoms with E-state index in [0.717, 1.165) is 73.3 Å². The molecule has 0 atom stereocenters. The molecule has 0 radical (unpaired) electrons. The molecule has 0 spiro atoms. The molecule has 0 aliphatic carbocycles. The molecule has 0 aromatic heterocycles. The largest absolute Gasteiger partial charge is 0.494 e. The second kappa shape index (κ2) is 18.4. The third-order valence-electron chi connectivity index (χ3n) is 8.36. The van der Waals surface area contributed by atoms with Crippen molar-refractivity contribution in [1.29, 1.82) is 0 Å². The molecule has 0 fully saturated rings. The van der Waals surface area contributed by atoms with Crippen LogP contribution in [0.15, 0.2) is 110 Å². The molecule has 0 heterocycles. The maximum atomic E-state index is 15.3. The molecular weight excluding hydrogens is 666 g/mol. The van der Waals surface area contributed by atoms with Gasteiger partial charge in [0.1, 0.15) is 23.1 Å². The number of carbonyl (C=O) groups is 3. The van der Waals surface area contributed by atoms with Crippen LogP contribution in [-0.4, -0.2) is 37.7 Å². The van der Waals surface area contributed by atoms with Crippen LogP contribution < -0.4 is 9.47 Å². The zero-order valence-electron chi connectivity index (χ0n) is 29.0. The molecule has 0 N–H and O–H groups in total. The number of unbranched alkanes of at least 4 members (excludes halogenated alkanes) is 4. The van der Waals surface area contributed by atoms with E-state index in [1.165, 1.54) is 30.3 Å². The van der Waals surface area contributed by atoms with E-state index in [4.69, 9.17) is 18.9 Å². The van der Waals surface area contributed by atoms with Gasteiger partial charge in [0.15, 0.2) is 0 Å². The summed E-state index contributed by atoms with van der Waals surface area (Å²) < 4.78 is 51.7. The van der Waals surface area contributed by atoms with Gasteiger partial charge in [0.25, 0.3) is 0 Å². The lowest BCUT2D eigenvalue weighted by Crippen LogP contribution is -2.09. The van der Waals surface area contributed by atoms with Crippen molar-refractivity contribution in [1.82, 2.24) is 0 Å². The Kier molecular flexibility index (Phi) is 13.3. The average Bonchev–Trinajstić information content (AvgIpc) is 3.15. The van der Waals surface area contributed by atoms with E-state index in [-0.39, 0.29) is 29.0 Å². The minimum absolute atomic E-state index is 0.0384. The highest BCUT2D eigenvalue weighted by molar-refractivity contribution is 5.93. The standard InChI is InChI=1S/C43H40F2O7/c1-3-5-22-51-42(47)33-15-20-37(39(44)27-33)29-12-17-35(18-13-29)52-43(48)34-16-21-38(40(45)28-34)32-11-10-31-26-36(19-14-30(31)25-32)49-23-8-6-7-9-24-50-41(46)4-2/h4,10-21,25-28H,2-3,5-9,22-24H2,1H3. The van der Waals surface area contributed by atoms with Crippen molar-refractivity contribution in [3.8, 4) is 33.8 Å². The van der Waals surface area contributed by atoms with Crippen LogP contribution in [-0.2, 0) is 14.3 Å². The van der Waals surface area contributed by atoms with Crippen molar-refractivity contribution in [3.63, 3.8) is 0 Å². The van der Waals surface area contributed by atoms with E-state index >= 15 is 4.39 Å². The summed E-state index contributed by atoms with van der Waals surface area (Å²) in [6.45, 7) is 6.59. The second-order valence-corrected chi connectivity index (χ2v) is 12.2. The molecule has 0 bridgehead atoms. The van der Waals surface area contributed by atoms with Crippen molar-refractivity contribution in [2.75, 3.05) is 19.8 Å². The summed E-state index contributed by atoms with van der Waals surface area (Å²) in [7, 11) is 0. The number of ether oxygens (including phenoxy) is 4. The number of esters is 3. The van der Waals surface area contributed by atoms with E-state index in [1.54, 1.807) is 18.2 Å². The molecule has 52 heavy (non-hydrogen) atoms. The van der Waals surface area contributed by atoms with Gasteiger partial charge in [-0.15, -0.1) is 0 Å². The molecular formula is C43H40F2O7. The van der Waals surface area contributed by atoms with Gasteiger partial charge in [-0.05, 0) is 109 Å². The third kappa shape index (κ3) is 10.1. The van der Waals surface area contributed by atoms with Gasteiger partial charge in [-0.25, -0.2) is 23.2 Å². The molecule has 9 heteroatoms. The molecule has 0 unspecified atom stereocenters. The number of fused-ring (bicyclic) bond motifs is 1. The fourth-order valence-corrected chi connectivity index (χ4v) is 5.47. The molecule has 0 aliphatic heterocycles. The van der Waals surface area contributed by atoms with E-state index in [2.05, 4.69) is 6.58 Å². The SMILES string of the molecule is C=CC(=O)OCCCCCCOc1ccc2cc(-c3ccc(C(=O)Oc4ccc(-c5ccc(C(=O)OCCCC)cc5F)cc4)cc3F)ccc2c1. The Morgan fingerprint density at radius 1 is 0.596 bits per heavy atom. The Hall–Kier alpha value is -5.83. The van der Waals surface area contributed by atoms with Gasteiger partial charge in [0.2, 0.25) is 0 Å². The van der Waals surface area contributed by atoms with Gasteiger partial charge in [-0.2, -0.15) is 0 Å². The fraction of sp³-hybridized carbons (Fsp3) is 0.233. The molecule has 268 valence electrons. The molecule has 0 amide bonds. The normalized spacial score (nSPS) is 10.8. The van der Waals surface area contributed by atoms with Gasteiger partial charge in [-0.1, -0.05) is 62.4 Å². The van der Waals surface area contributed by atoms with E-state index < -0.39 is 29.5 Å². The van der Waals surface area contributed by atoms with Crippen LogP contribution in [0.25, 0.3) is 33.0 Å². The quantitative estimate of drug-likeness (QED) is 0.0412. The van der Waals surface area contributed by atoms with E-state index in [9.17, 15) is 18.8 Å². The Morgan fingerprint density at radius 3 is 1.85 bits per heavy atom. The Labute approximate surface area is 301 Å². The first-order valence-corrected chi connectivity index (χ1v) is 17.3.